The fourth-order valence-electron chi connectivity index (χ4n) is 2.90. The topological polar surface area (TPSA) is 84.5 Å². The highest BCUT2D eigenvalue weighted by molar-refractivity contribution is 7.92. The van der Waals surface area contributed by atoms with E-state index in [1.807, 2.05) is 32.0 Å². The number of ether oxygens (including phenoxy) is 1. The first-order valence-electron chi connectivity index (χ1n) is 9.62. The first kappa shape index (κ1) is 22.3. The Bertz CT molecular complexity index is 1140. The maximum absolute atomic E-state index is 12.9. The van der Waals surface area contributed by atoms with Crippen LogP contribution in [-0.4, -0.2) is 20.9 Å². The van der Waals surface area contributed by atoms with Crippen LogP contribution in [0.2, 0.25) is 0 Å². The van der Waals surface area contributed by atoms with E-state index in [4.69, 9.17) is 4.74 Å². The van der Waals surface area contributed by atoms with Crippen LogP contribution < -0.4 is 14.8 Å². The molecule has 0 unspecified atom stereocenters. The fourth-order valence-corrected chi connectivity index (χ4v) is 4.10. The molecule has 6 nitrogen and oxygen atoms in total. The standard InChI is InChI=1S/C23H23FN2O4S/c1-16-4-3-5-17(2)23(16)26-31(28,29)21-12-8-19(9-13-21)25-22(27)14-15-30-20-10-6-18(24)7-11-20/h3-13,26H,14-15H2,1-2H3,(H,25,27). The number of nitrogens with one attached hydrogen (secondary N) is 2. The van der Waals surface area contributed by atoms with Crippen LogP contribution in [0.4, 0.5) is 15.8 Å². The minimum Gasteiger partial charge on any atom is -0.493 e. The lowest BCUT2D eigenvalue weighted by Gasteiger charge is -2.13. The predicted octanol–water partition coefficient (Wildman–Crippen LogP) is 4.65. The summed E-state index contributed by atoms with van der Waals surface area (Å²) in [5.41, 5.74) is 2.68. The number of benzene rings is 3. The lowest BCUT2D eigenvalue weighted by atomic mass is 10.1. The Balaban J connectivity index is 1.56. The van der Waals surface area contributed by atoms with Crippen LogP contribution in [0.5, 0.6) is 5.75 Å². The van der Waals surface area contributed by atoms with Gasteiger partial charge >= 0.3 is 0 Å². The van der Waals surface area contributed by atoms with Gasteiger partial charge in [0.05, 0.1) is 23.6 Å². The number of para-hydroxylation sites is 1. The Morgan fingerprint density at radius 1 is 0.935 bits per heavy atom. The lowest BCUT2D eigenvalue weighted by Crippen LogP contribution is -2.16. The maximum atomic E-state index is 12.9. The van der Waals surface area contributed by atoms with Crippen molar-refractivity contribution in [2.75, 3.05) is 16.6 Å². The van der Waals surface area contributed by atoms with Crippen LogP contribution in [-0.2, 0) is 14.8 Å². The van der Waals surface area contributed by atoms with E-state index in [1.165, 1.54) is 48.5 Å². The smallest absolute Gasteiger partial charge is 0.261 e. The molecular formula is C23H23FN2O4S. The molecule has 31 heavy (non-hydrogen) atoms. The van der Waals surface area contributed by atoms with E-state index in [9.17, 15) is 17.6 Å². The highest BCUT2D eigenvalue weighted by atomic mass is 32.2. The summed E-state index contributed by atoms with van der Waals surface area (Å²) in [4.78, 5) is 12.2. The van der Waals surface area contributed by atoms with Crippen LogP contribution >= 0.6 is 0 Å². The van der Waals surface area contributed by atoms with Crippen LogP contribution in [0, 0.1) is 19.7 Å². The summed E-state index contributed by atoms with van der Waals surface area (Å²) in [5, 5.41) is 2.69. The molecule has 0 aliphatic rings. The monoisotopic (exact) mass is 442 g/mol. The van der Waals surface area contributed by atoms with Gasteiger partial charge in [0.15, 0.2) is 0 Å². The van der Waals surface area contributed by atoms with Crippen molar-refractivity contribution in [2.45, 2.75) is 25.2 Å². The van der Waals surface area contributed by atoms with Crippen LogP contribution in [0.25, 0.3) is 0 Å². The Kier molecular flexibility index (Phi) is 6.91. The zero-order valence-electron chi connectivity index (χ0n) is 17.2. The molecule has 3 aromatic rings. The van der Waals surface area contributed by atoms with E-state index < -0.39 is 10.0 Å². The summed E-state index contributed by atoms with van der Waals surface area (Å²) in [6.45, 7) is 3.80. The molecule has 0 radical (unpaired) electrons. The van der Waals surface area contributed by atoms with Crippen molar-refractivity contribution in [2.24, 2.45) is 0 Å². The van der Waals surface area contributed by atoms with E-state index >= 15 is 0 Å². The molecule has 0 aliphatic heterocycles. The minimum atomic E-state index is -3.76. The number of anilines is 2. The van der Waals surface area contributed by atoms with E-state index in [0.29, 0.717) is 17.1 Å². The van der Waals surface area contributed by atoms with Gasteiger partial charge in [-0.15, -0.1) is 0 Å². The van der Waals surface area contributed by atoms with Crippen molar-refractivity contribution in [3.8, 4) is 5.75 Å². The molecule has 0 fully saturated rings. The zero-order valence-corrected chi connectivity index (χ0v) is 18.0. The molecule has 0 aliphatic carbocycles. The quantitative estimate of drug-likeness (QED) is 0.532. The first-order chi connectivity index (χ1) is 14.7. The average Bonchev–Trinajstić information content (AvgIpc) is 2.73. The van der Waals surface area contributed by atoms with Gasteiger partial charge in [0.1, 0.15) is 11.6 Å². The number of carbonyl (C=O) groups is 1. The van der Waals surface area contributed by atoms with Crippen molar-refractivity contribution < 1.29 is 22.3 Å². The molecule has 0 spiro atoms. The van der Waals surface area contributed by atoms with Gasteiger partial charge in [-0.1, -0.05) is 18.2 Å². The summed E-state index contributed by atoms with van der Waals surface area (Å²) in [7, 11) is -3.76. The lowest BCUT2D eigenvalue weighted by molar-refractivity contribution is -0.116. The summed E-state index contributed by atoms with van der Waals surface area (Å²) in [6.07, 6.45) is 0.0888. The van der Waals surface area contributed by atoms with Gasteiger partial charge in [-0.05, 0) is 73.5 Å². The summed E-state index contributed by atoms with van der Waals surface area (Å²) >= 11 is 0. The molecule has 0 aromatic heterocycles. The molecule has 3 aromatic carbocycles. The summed E-state index contributed by atoms with van der Waals surface area (Å²) < 4.78 is 46.3. The molecule has 3 rings (SSSR count). The average molecular weight is 443 g/mol. The largest absolute Gasteiger partial charge is 0.493 e. The number of hydrogen-bond acceptors (Lipinski definition) is 4. The molecule has 0 saturated heterocycles. The SMILES string of the molecule is Cc1cccc(C)c1NS(=O)(=O)c1ccc(NC(=O)CCOc2ccc(F)cc2)cc1. The van der Waals surface area contributed by atoms with Gasteiger partial charge in [0.25, 0.3) is 10.0 Å². The molecule has 2 N–H and O–H groups in total. The molecular weight excluding hydrogens is 419 g/mol. The number of carbonyl (C=O) groups excluding carboxylic acids is 1. The van der Waals surface area contributed by atoms with Gasteiger partial charge < -0.3 is 10.1 Å². The second kappa shape index (κ2) is 9.61. The summed E-state index contributed by atoms with van der Waals surface area (Å²) in [6, 6.07) is 17.0. The second-order valence-corrected chi connectivity index (χ2v) is 8.68. The highest BCUT2D eigenvalue weighted by Crippen LogP contribution is 2.24. The van der Waals surface area contributed by atoms with Crippen LogP contribution in [0.3, 0.4) is 0 Å². The van der Waals surface area contributed by atoms with Crippen molar-refractivity contribution in [1.82, 2.24) is 0 Å². The van der Waals surface area contributed by atoms with Crippen LogP contribution in [0.1, 0.15) is 17.5 Å². The number of hydrogen-bond donors (Lipinski definition) is 2. The third-order valence-corrected chi connectivity index (χ3v) is 5.94. The number of aryl methyl sites for hydroxylation is 2. The number of sulfonamides is 1. The van der Waals surface area contributed by atoms with Gasteiger partial charge in [-0.2, -0.15) is 0 Å². The summed E-state index contributed by atoms with van der Waals surface area (Å²) in [5.74, 6) is -0.175. The Labute approximate surface area is 181 Å². The Hall–Kier alpha value is -3.39. The normalized spacial score (nSPS) is 11.1. The maximum Gasteiger partial charge on any atom is 0.261 e. The Morgan fingerprint density at radius 3 is 2.16 bits per heavy atom. The fraction of sp³-hybridized carbons (Fsp3) is 0.174. The molecule has 0 atom stereocenters. The number of amides is 1. The van der Waals surface area contributed by atoms with Crippen LogP contribution in [0.15, 0.2) is 71.6 Å². The van der Waals surface area contributed by atoms with Crippen molar-refractivity contribution in [3.05, 3.63) is 83.7 Å². The first-order valence-corrected chi connectivity index (χ1v) is 11.1. The molecule has 1 amide bonds. The third-order valence-electron chi connectivity index (χ3n) is 4.58. The molecule has 0 heterocycles. The number of rotatable bonds is 8. The predicted molar refractivity (Wildman–Crippen MR) is 118 cm³/mol. The number of halogens is 1. The minimum absolute atomic E-state index is 0.0888. The van der Waals surface area contributed by atoms with E-state index in [1.54, 1.807) is 0 Å². The second-order valence-electron chi connectivity index (χ2n) is 7.00. The highest BCUT2D eigenvalue weighted by Gasteiger charge is 2.16. The van der Waals surface area contributed by atoms with Gasteiger partial charge in [-0.25, -0.2) is 12.8 Å². The molecule has 8 heteroatoms. The van der Waals surface area contributed by atoms with Gasteiger partial charge in [0.2, 0.25) is 5.91 Å². The molecule has 0 bridgehead atoms. The van der Waals surface area contributed by atoms with E-state index in [2.05, 4.69) is 10.0 Å². The van der Waals surface area contributed by atoms with Gasteiger partial charge in [-0.3, -0.25) is 9.52 Å². The molecule has 162 valence electrons. The third kappa shape index (κ3) is 6.05. The van der Waals surface area contributed by atoms with Crippen molar-refractivity contribution >= 4 is 27.3 Å². The van der Waals surface area contributed by atoms with Crippen molar-refractivity contribution in [3.63, 3.8) is 0 Å². The molecule has 0 saturated carbocycles. The van der Waals surface area contributed by atoms with E-state index in [0.717, 1.165) is 11.1 Å². The van der Waals surface area contributed by atoms with E-state index in [-0.39, 0.29) is 29.6 Å². The zero-order chi connectivity index (χ0) is 22.4. The van der Waals surface area contributed by atoms with Crippen molar-refractivity contribution in [1.29, 1.82) is 0 Å². The van der Waals surface area contributed by atoms with Gasteiger partial charge in [0, 0.05) is 5.69 Å². The Morgan fingerprint density at radius 2 is 1.55 bits per heavy atom.